The zero-order chi connectivity index (χ0) is 13.4. The van der Waals surface area contributed by atoms with Crippen LogP contribution in [0.25, 0.3) is 11.0 Å². The second-order valence-electron chi connectivity index (χ2n) is 5.50. The summed E-state index contributed by atoms with van der Waals surface area (Å²) in [5.41, 5.74) is 2.85. The molecule has 1 aliphatic rings. The smallest absolute Gasteiger partial charge is 0.312 e. The Hall–Kier alpha value is -1.59. The molecule has 2 heterocycles. The number of H-pyrrole nitrogens is 2. The molecule has 1 aromatic heterocycles. The first-order chi connectivity index (χ1) is 9.15. The number of likely N-dealkylation sites (N-methyl/N-ethyl adjacent to an activating group) is 1. The molecule has 0 aliphatic carbocycles. The number of nitrogens with one attached hydrogen (secondary N) is 3. The average molecular weight is 260 g/mol. The summed E-state index contributed by atoms with van der Waals surface area (Å²) in [4.78, 5) is 19.2. The summed E-state index contributed by atoms with van der Waals surface area (Å²) in [7, 11) is 4.21. The first-order valence-electron chi connectivity index (χ1n) is 6.77. The van der Waals surface area contributed by atoms with Crippen LogP contribution in [0, 0.1) is 0 Å². The predicted molar refractivity (Wildman–Crippen MR) is 76.4 cm³/mol. The molecule has 1 aromatic carbocycles. The van der Waals surface area contributed by atoms with Crippen LogP contribution in [-0.2, 0) is 0 Å². The Bertz CT molecular complexity index is 622. The molecule has 3 rings (SSSR count). The quantitative estimate of drug-likeness (QED) is 0.777. The van der Waals surface area contributed by atoms with Crippen molar-refractivity contribution in [3.05, 3.63) is 34.2 Å². The molecule has 2 aromatic rings. The van der Waals surface area contributed by atoms with Gasteiger partial charge in [-0.05, 0) is 51.2 Å². The molecular formula is C14H20N4O. The van der Waals surface area contributed by atoms with E-state index in [1.165, 1.54) is 18.4 Å². The Morgan fingerprint density at radius 1 is 1.26 bits per heavy atom. The van der Waals surface area contributed by atoms with Crippen molar-refractivity contribution in [3.8, 4) is 0 Å². The van der Waals surface area contributed by atoms with Gasteiger partial charge in [-0.25, -0.2) is 4.79 Å². The van der Waals surface area contributed by atoms with Crippen molar-refractivity contribution in [1.82, 2.24) is 20.2 Å². The molecule has 2 atom stereocenters. The fraction of sp³-hybridized carbons (Fsp3) is 0.500. The summed E-state index contributed by atoms with van der Waals surface area (Å²) in [6, 6.07) is 6.99. The Balaban J connectivity index is 2.01. The first-order valence-corrected chi connectivity index (χ1v) is 6.77. The molecule has 102 valence electrons. The number of imidazole rings is 1. The number of rotatable bonds is 3. The SMILES string of the molecule is CN(C)C(c1ccc2[nH]c(=O)[nH]c2c1)C1CCCN1. The number of benzene rings is 1. The Morgan fingerprint density at radius 2 is 2.05 bits per heavy atom. The summed E-state index contributed by atoms with van der Waals surface area (Å²) >= 11 is 0. The molecule has 0 bridgehead atoms. The third-order valence-electron chi connectivity index (χ3n) is 3.92. The van der Waals surface area contributed by atoms with Crippen molar-refractivity contribution in [1.29, 1.82) is 0 Å². The molecule has 0 saturated carbocycles. The van der Waals surface area contributed by atoms with E-state index in [4.69, 9.17) is 0 Å². The highest BCUT2D eigenvalue weighted by Crippen LogP contribution is 2.28. The van der Waals surface area contributed by atoms with E-state index in [-0.39, 0.29) is 5.69 Å². The molecule has 5 heteroatoms. The van der Waals surface area contributed by atoms with Gasteiger partial charge in [0.2, 0.25) is 0 Å². The standard InChI is InChI=1S/C14H20N4O/c1-18(2)13(11-4-3-7-15-11)9-5-6-10-12(8-9)17-14(19)16-10/h5-6,8,11,13,15H,3-4,7H2,1-2H3,(H2,16,17,19). The summed E-state index contributed by atoms with van der Waals surface area (Å²) in [5, 5.41) is 3.57. The van der Waals surface area contributed by atoms with Gasteiger partial charge in [-0.15, -0.1) is 0 Å². The van der Waals surface area contributed by atoms with E-state index in [1.54, 1.807) is 0 Å². The van der Waals surface area contributed by atoms with Gasteiger partial charge in [0, 0.05) is 12.1 Å². The average Bonchev–Trinajstić information content (AvgIpc) is 2.96. The van der Waals surface area contributed by atoms with Crippen LogP contribution in [0.1, 0.15) is 24.4 Å². The first kappa shape index (κ1) is 12.4. The third-order valence-corrected chi connectivity index (χ3v) is 3.92. The fourth-order valence-corrected chi connectivity index (χ4v) is 3.11. The fourth-order valence-electron chi connectivity index (χ4n) is 3.11. The van der Waals surface area contributed by atoms with Crippen molar-refractivity contribution in [3.63, 3.8) is 0 Å². The Labute approximate surface area is 112 Å². The van der Waals surface area contributed by atoms with Crippen molar-refractivity contribution < 1.29 is 0 Å². The molecule has 1 fully saturated rings. The zero-order valence-corrected chi connectivity index (χ0v) is 11.4. The predicted octanol–water partition coefficient (Wildman–Crippen LogP) is 1.21. The van der Waals surface area contributed by atoms with Crippen LogP contribution < -0.4 is 11.0 Å². The van der Waals surface area contributed by atoms with Crippen LogP contribution in [0.2, 0.25) is 0 Å². The van der Waals surface area contributed by atoms with Crippen LogP contribution in [0.15, 0.2) is 23.0 Å². The molecule has 5 nitrogen and oxygen atoms in total. The summed E-state index contributed by atoms with van der Waals surface area (Å²) in [5.74, 6) is 0. The van der Waals surface area contributed by atoms with E-state index >= 15 is 0 Å². The van der Waals surface area contributed by atoms with Gasteiger partial charge in [0.15, 0.2) is 0 Å². The Morgan fingerprint density at radius 3 is 2.74 bits per heavy atom. The van der Waals surface area contributed by atoms with Crippen LogP contribution in [0.3, 0.4) is 0 Å². The Kier molecular flexibility index (Phi) is 3.16. The van der Waals surface area contributed by atoms with Gasteiger partial charge in [0.1, 0.15) is 0 Å². The van der Waals surface area contributed by atoms with Gasteiger partial charge in [0.25, 0.3) is 0 Å². The summed E-state index contributed by atoms with van der Waals surface area (Å²) < 4.78 is 0. The van der Waals surface area contributed by atoms with Gasteiger partial charge in [-0.3, -0.25) is 0 Å². The minimum Gasteiger partial charge on any atom is -0.312 e. The van der Waals surface area contributed by atoms with Crippen molar-refractivity contribution in [2.45, 2.75) is 24.9 Å². The number of hydrogen-bond donors (Lipinski definition) is 3. The van der Waals surface area contributed by atoms with E-state index in [2.05, 4.69) is 46.4 Å². The lowest BCUT2D eigenvalue weighted by molar-refractivity contribution is 0.244. The van der Waals surface area contributed by atoms with E-state index in [1.807, 2.05) is 6.07 Å². The molecule has 19 heavy (non-hydrogen) atoms. The highest BCUT2D eigenvalue weighted by molar-refractivity contribution is 5.75. The number of hydrogen-bond acceptors (Lipinski definition) is 3. The maximum atomic E-state index is 11.3. The van der Waals surface area contributed by atoms with Gasteiger partial charge < -0.3 is 20.2 Å². The molecule has 3 N–H and O–H groups in total. The van der Waals surface area contributed by atoms with E-state index < -0.39 is 0 Å². The second kappa shape index (κ2) is 4.83. The minimum atomic E-state index is -0.146. The van der Waals surface area contributed by atoms with Crippen LogP contribution in [0.5, 0.6) is 0 Å². The highest BCUT2D eigenvalue weighted by atomic mass is 16.1. The van der Waals surface area contributed by atoms with Crippen molar-refractivity contribution >= 4 is 11.0 Å². The lowest BCUT2D eigenvalue weighted by Crippen LogP contribution is -2.37. The maximum Gasteiger partial charge on any atom is 0.323 e. The van der Waals surface area contributed by atoms with Crippen LogP contribution in [0.4, 0.5) is 0 Å². The number of nitrogens with zero attached hydrogens (tertiary/aromatic N) is 1. The molecular weight excluding hydrogens is 240 g/mol. The molecule has 2 unspecified atom stereocenters. The van der Waals surface area contributed by atoms with Gasteiger partial charge in [-0.1, -0.05) is 6.07 Å². The van der Waals surface area contributed by atoms with Crippen molar-refractivity contribution in [2.75, 3.05) is 20.6 Å². The largest absolute Gasteiger partial charge is 0.323 e. The third kappa shape index (κ3) is 2.31. The monoisotopic (exact) mass is 260 g/mol. The number of fused-ring (bicyclic) bond motifs is 1. The second-order valence-corrected chi connectivity index (χ2v) is 5.50. The number of aromatic amines is 2. The number of aromatic nitrogens is 2. The molecule has 1 aliphatic heterocycles. The molecule has 0 radical (unpaired) electrons. The zero-order valence-electron chi connectivity index (χ0n) is 11.4. The van der Waals surface area contributed by atoms with Gasteiger partial charge in [-0.2, -0.15) is 0 Å². The van der Waals surface area contributed by atoms with E-state index in [0.29, 0.717) is 12.1 Å². The minimum absolute atomic E-state index is 0.146. The molecule has 1 saturated heterocycles. The van der Waals surface area contributed by atoms with Gasteiger partial charge in [0.05, 0.1) is 11.0 Å². The highest BCUT2D eigenvalue weighted by Gasteiger charge is 2.27. The lowest BCUT2D eigenvalue weighted by Gasteiger charge is -2.30. The van der Waals surface area contributed by atoms with Crippen molar-refractivity contribution in [2.24, 2.45) is 0 Å². The van der Waals surface area contributed by atoms with Gasteiger partial charge >= 0.3 is 5.69 Å². The molecule has 0 amide bonds. The topological polar surface area (TPSA) is 63.9 Å². The van der Waals surface area contributed by atoms with E-state index in [0.717, 1.165) is 17.6 Å². The van der Waals surface area contributed by atoms with Crippen LogP contribution in [-0.4, -0.2) is 41.5 Å². The normalized spacial score (nSPS) is 21.3. The maximum absolute atomic E-state index is 11.3. The molecule has 0 spiro atoms. The van der Waals surface area contributed by atoms with Crippen LogP contribution >= 0.6 is 0 Å². The summed E-state index contributed by atoms with van der Waals surface area (Å²) in [6.07, 6.45) is 2.43. The van der Waals surface area contributed by atoms with E-state index in [9.17, 15) is 4.79 Å². The lowest BCUT2D eigenvalue weighted by atomic mass is 9.96. The summed E-state index contributed by atoms with van der Waals surface area (Å²) in [6.45, 7) is 1.10.